The van der Waals surface area contributed by atoms with Crippen molar-refractivity contribution in [3.63, 3.8) is 0 Å². The molecule has 0 unspecified atom stereocenters. The molecule has 2 atom stereocenters. The van der Waals surface area contributed by atoms with Crippen LogP contribution in [0.25, 0.3) is 0 Å². The Hall–Kier alpha value is -3.55. The Kier molecular flexibility index (Phi) is 13.8. The molecule has 0 saturated carbocycles. The van der Waals surface area contributed by atoms with Crippen molar-refractivity contribution in [2.75, 3.05) is 28.4 Å². The van der Waals surface area contributed by atoms with Gasteiger partial charge in [0, 0.05) is 62.6 Å². The van der Waals surface area contributed by atoms with E-state index in [0.717, 1.165) is 52.7 Å². The van der Waals surface area contributed by atoms with Gasteiger partial charge in [0.15, 0.2) is 0 Å². The molecule has 3 aromatic carbocycles. The summed E-state index contributed by atoms with van der Waals surface area (Å²) in [7, 11) is -6.62. The zero-order valence-corrected chi connectivity index (χ0v) is 33.2. The van der Waals surface area contributed by atoms with E-state index >= 15 is 8.78 Å². The summed E-state index contributed by atoms with van der Waals surface area (Å²) in [5, 5.41) is 11.8. The van der Waals surface area contributed by atoms with Crippen molar-refractivity contribution in [1.29, 1.82) is 0 Å². The molecule has 306 valence electrons. The van der Waals surface area contributed by atoms with E-state index in [4.69, 9.17) is 5.73 Å². The molecule has 0 radical (unpaired) electrons. The van der Waals surface area contributed by atoms with Gasteiger partial charge in [0.05, 0.1) is 6.04 Å². The standard InChI is InChI=1S/C33H35BrF7N5O8P2/c1-51-55(49,52-2)31(35,36)22-9-5-19(6-10-22)15-26(28(42)47)44-29(48)27(16-20-7-11-23(12-8-20)32(37,38)56(50,53-3)54-4)43-18-21-13-24(17-25(34)14-21)30(45-46-30)33(39,40)41/h5-14,17,26-27,43H,15-16,18H2,1-4H3,(H2,42,47)(H,44,48)/t26-,27-/m0/s1. The molecular formula is C33H35BrF7N5O8P2. The van der Waals surface area contributed by atoms with Gasteiger partial charge < -0.3 is 34.5 Å². The van der Waals surface area contributed by atoms with Crippen LogP contribution in [0.15, 0.2) is 81.4 Å². The number of carbonyl (C=O) groups is 2. The van der Waals surface area contributed by atoms with Gasteiger partial charge in [-0.05, 0) is 41.3 Å². The maximum atomic E-state index is 15.0. The third kappa shape index (κ3) is 9.26. The van der Waals surface area contributed by atoms with Crippen LogP contribution in [0.5, 0.6) is 0 Å². The minimum Gasteiger partial charge on any atom is -0.368 e. The molecule has 0 aliphatic carbocycles. The van der Waals surface area contributed by atoms with Crippen LogP contribution >= 0.6 is 31.1 Å². The quantitative estimate of drug-likeness (QED) is 0.0806. The molecule has 3 aromatic rings. The van der Waals surface area contributed by atoms with Gasteiger partial charge in [-0.25, -0.2) is 0 Å². The molecule has 0 saturated heterocycles. The van der Waals surface area contributed by atoms with Gasteiger partial charge in [0.2, 0.25) is 11.8 Å². The second kappa shape index (κ2) is 17.1. The number of amides is 2. The number of primary amides is 1. The molecule has 13 nitrogen and oxygen atoms in total. The van der Waals surface area contributed by atoms with Crippen molar-refractivity contribution in [2.45, 2.75) is 54.6 Å². The summed E-state index contributed by atoms with van der Waals surface area (Å²) in [6, 6.07) is 9.57. The summed E-state index contributed by atoms with van der Waals surface area (Å²) >= 11 is 3.17. The first-order valence-electron chi connectivity index (χ1n) is 16.0. The molecule has 1 heterocycles. The minimum absolute atomic E-state index is 0.236. The van der Waals surface area contributed by atoms with E-state index < -0.39 is 73.4 Å². The summed E-state index contributed by atoms with van der Waals surface area (Å²) in [5.41, 5.74) is -6.30. The Labute approximate surface area is 324 Å². The first-order valence-corrected chi connectivity index (χ1v) is 19.9. The highest BCUT2D eigenvalue weighted by atomic mass is 79.9. The lowest BCUT2D eigenvalue weighted by molar-refractivity contribution is -0.166. The van der Waals surface area contributed by atoms with E-state index in [-0.39, 0.29) is 46.1 Å². The van der Waals surface area contributed by atoms with Crippen molar-refractivity contribution in [2.24, 2.45) is 16.0 Å². The molecule has 23 heteroatoms. The van der Waals surface area contributed by atoms with Gasteiger partial charge in [-0.15, -0.1) is 10.2 Å². The predicted octanol–water partition coefficient (Wildman–Crippen LogP) is 7.61. The van der Waals surface area contributed by atoms with Crippen molar-refractivity contribution in [3.8, 4) is 0 Å². The lowest BCUT2D eigenvalue weighted by atomic mass is 9.99. The van der Waals surface area contributed by atoms with Crippen LogP contribution in [0, 0.1) is 0 Å². The highest BCUT2D eigenvalue weighted by Gasteiger charge is 2.65. The summed E-state index contributed by atoms with van der Waals surface area (Å²) in [5.74, 6) is -1.90. The van der Waals surface area contributed by atoms with Crippen molar-refractivity contribution in [3.05, 3.63) is 105 Å². The Balaban J connectivity index is 1.61. The maximum absolute atomic E-state index is 15.0. The van der Waals surface area contributed by atoms with Crippen LogP contribution < -0.4 is 16.4 Å². The first-order chi connectivity index (χ1) is 26.0. The lowest BCUT2D eigenvalue weighted by Gasteiger charge is -2.25. The number of hydrogen-bond donors (Lipinski definition) is 3. The molecule has 4 rings (SSSR count). The van der Waals surface area contributed by atoms with Crippen LogP contribution in [0.4, 0.5) is 30.7 Å². The van der Waals surface area contributed by atoms with E-state index in [9.17, 15) is 40.7 Å². The number of rotatable bonds is 19. The summed E-state index contributed by atoms with van der Waals surface area (Å²) in [6.45, 7) is -0.247. The molecule has 0 fully saturated rings. The maximum Gasteiger partial charge on any atom is 0.442 e. The molecular weight excluding hydrogens is 869 g/mol. The Morgan fingerprint density at radius 3 is 1.54 bits per heavy atom. The van der Waals surface area contributed by atoms with Crippen molar-refractivity contribution >= 4 is 42.9 Å². The average Bonchev–Trinajstić information content (AvgIpc) is 3.98. The van der Waals surface area contributed by atoms with Gasteiger partial charge in [0.25, 0.3) is 0 Å². The highest BCUT2D eigenvalue weighted by molar-refractivity contribution is 9.10. The van der Waals surface area contributed by atoms with Crippen LogP contribution in [-0.2, 0) is 73.2 Å². The van der Waals surface area contributed by atoms with E-state index in [2.05, 4.69) is 54.9 Å². The zero-order chi connectivity index (χ0) is 41.9. The summed E-state index contributed by atoms with van der Waals surface area (Å²) < 4.78 is 144. The third-order valence-corrected chi connectivity index (χ3v) is 13.0. The minimum atomic E-state index is -4.91. The molecule has 1 aliphatic heterocycles. The van der Waals surface area contributed by atoms with E-state index in [1.165, 1.54) is 42.5 Å². The number of benzene rings is 3. The first kappa shape index (κ1) is 45.2. The number of nitrogens with two attached hydrogens (primary N) is 1. The summed E-state index contributed by atoms with van der Waals surface area (Å²) in [6.07, 6.45) is -5.39. The highest BCUT2D eigenvalue weighted by Crippen LogP contribution is 2.66. The average molecular weight is 905 g/mol. The number of alkyl halides is 7. The second-order valence-corrected chi connectivity index (χ2v) is 17.7. The van der Waals surface area contributed by atoms with E-state index in [0.29, 0.717) is 0 Å². The molecule has 0 bridgehead atoms. The largest absolute Gasteiger partial charge is 0.442 e. The number of halogens is 8. The number of carbonyl (C=O) groups excluding carboxylic acids is 2. The van der Waals surface area contributed by atoms with Gasteiger partial charge >= 0.3 is 38.4 Å². The molecule has 2 amide bonds. The smallest absolute Gasteiger partial charge is 0.368 e. The van der Waals surface area contributed by atoms with E-state index in [1.807, 2.05) is 0 Å². The zero-order valence-electron chi connectivity index (χ0n) is 29.8. The fourth-order valence-electron chi connectivity index (χ4n) is 5.47. The Morgan fingerprint density at radius 2 is 1.16 bits per heavy atom. The molecule has 1 aliphatic rings. The van der Waals surface area contributed by atoms with Crippen molar-refractivity contribution < 1.29 is 67.5 Å². The second-order valence-electron chi connectivity index (χ2n) is 12.2. The molecule has 0 aromatic heterocycles. The normalized spacial score (nSPS) is 15.6. The van der Waals surface area contributed by atoms with Gasteiger partial charge in [-0.2, -0.15) is 30.7 Å². The molecule has 56 heavy (non-hydrogen) atoms. The Bertz CT molecular complexity index is 2020. The number of hydrogen-bond acceptors (Lipinski definition) is 11. The van der Waals surface area contributed by atoms with Crippen molar-refractivity contribution in [1.82, 2.24) is 10.6 Å². The lowest BCUT2D eigenvalue weighted by Crippen LogP contribution is -2.53. The fraction of sp³-hybridized carbons (Fsp3) is 0.394. The Morgan fingerprint density at radius 1 is 0.732 bits per heavy atom. The molecule has 4 N–H and O–H groups in total. The number of nitrogens with one attached hydrogen (secondary N) is 2. The van der Waals surface area contributed by atoms with Gasteiger partial charge in [0.1, 0.15) is 6.04 Å². The monoisotopic (exact) mass is 903 g/mol. The summed E-state index contributed by atoms with van der Waals surface area (Å²) in [4.78, 5) is 26.3. The van der Waals surface area contributed by atoms with Crippen LogP contribution in [0.2, 0.25) is 0 Å². The SMILES string of the molecule is COP(=O)(OC)C(F)(F)c1ccc(C[C@H](NC(=O)[C@H](Cc2ccc(C(F)(F)P(=O)(OC)OC)cc2)NCc2cc(Br)cc(C3(C(F)(F)F)N=N3)c2)C(N)=O)cc1. The third-order valence-electron chi connectivity index (χ3n) is 8.72. The predicted molar refractivity (Wildman–Crippen MR) is 190 cm³/mol. The van der Waals surface area contributed by atoms with Gasteiger partial charge in [-0.3, -0.25) is 18.7 Å². The molecule has 0 spiro atoms. The topological polar surface area (TPSA) is 180 Å². The number of nitrogens with zero attached hydrogens (tertiary/aromatic N) is 2. The van der Waals surface area contributed by atoms with Crippen LogP contribution in [-0.4, -0.2) is 58.5 Å². The van der Waals surface area contributed by atoms with Crippen LogP contribution in [0.1, 0.15) is 33.4 Å². The van der Waals surface area contributed by atoms with Crippen LogP contribution in [0.3, 0.4) is 0 Å². The van der Waals surface area contributed by atoms with Gasteiger partial charge in [-0.1, -0.05) is 64.5 Å². The van der Waals surface area contributed by atoms with E-state index in [1.54, 1.807) is 0 Å². The fourth-order valence-corrected chi connectivity index (χ4v) is 8.15.